The Morgan fingerprint density at radius 2 is 1.81 bits per heavy atom. The number of benzene rings is 1. The van der Waals surface area contributed by atoms with E-state index in [1.54, 1.807) is 17.0 Å². The van der Waals surface area contributed by atoms with Crippen LogP contribution in [0.5, 0.6) is 0 Å². The van der Waals surface area contributed by atoms with Crippen LogP contribution in [0.1, 0.15) is 32.4 Å². The summed E-state index contributed by atoms with van der Waals surface area (Å²) < 4.78 is 1.19. The van der Waals surface area contributed by atoms with Gasteiger partial charge in [0.05, 0.1) is 11.1 Å². The van der Waals surface area contributed by atoms with Gasteiger partial charge in [-0.05, 0) is 33.3 Å². The molecule has 0 fully saturated rings. The van der Waals surface area contributed by atoms with Crippen molar-refractivity contribution < 1.29 is 9.59 Å². The summed E-state index contributed by atoms with van der Waals surface area (Å²) in [4.78, 5) is 38.2. The van der Waals surface area contributed by atoms with Gasteiger partial charge in [-0.1, -0.05) is 18.2 Å². The van der Waals surface area contributed by atoms with Crippen molar-refractivity contribution in [1.29, 1.82) is 0 Å². The summed E-state index contributed by atoms with van der Waals surface area (Å²) in [7, 11) is 0. The topological polar surface area (TPSA) is 84.3 Å². The fraction of sp³-hybridized carbons (Fsp3) is 0.474. The third-order valence-corrected chi connectivity index (χ3v) is 4.35. The van der Waals surface area contributed by atoms with Gasteiger partial charge in [0.25, 0.3) is 5.56 Å². The highest BCUT2D eigenvalue weighted by atomic mass is 16.2. The van der Waals surface area contributed by atoms with Crippen LogP contribution in [0.4, 0.5) is 0 Å². The van der Waals surface area contributed by atoms with Crippen LogP contribution < -0.4 is 10.9 Å². The van der Waals surface area contributed by atoms with E-state index in [0.717, 1.165) is 5.39 Å². The molecule has 7 nitrogen and oxygen atoms in total. The molecule has 26 heavy (non-hydrogen) atoms. The van der Waals surface area contributed by atoms with Gasteiger partial charge in [-0.3, -0.25) is 14.4 Å². The van der Waals surface area contributed by atoms with Crippen LogP contribution in [0, 0.1) is 6.92 Å². The van der Waals surface area contributed by atoms with Crippen LogP contribution in [0.25, 0.3) is 10.8 Å². The van der Waals surface area contributed by atoms with Crippen molar-refractivity contribution in [1.82, 2.24) is 20.0 Å². The van der Waals surface area contributed by atoms with Gasteiger partial charge in [-0.15, -0.1) is 0 Å². The maximum Gasteiger partial charge on any atom is 0.275 e. The maximum absolute atomic E-state index is 12.4. The lowest BCUT2D eigenvalue weighted by Gasteiger charge is -2.18. The lowest BCUT2D eigenvalue weighted by atomic mass is 10.1. The molecule has 1 aromatic carbocycles. The monoisotopic (exact) mass is 358 g/mol. The Morgan fingerprint density at radius 1 is 1.15 bits per heavy atom. The molecule has 1 aromatic heterocycles. The smallest absolute Gasteiger partial charge is 0.275 e. The van der Waals surface area contributed by atoms with Crippen molar-refractivity contribution in [2.24, 2.45) is 0 Å². The minimum atomic E-state index is -0.287. The fourth-order valence-electron chi connectivity index (χ4n) is 2.91. The van der Waals surface area contributed by atoms with Gasteiger partial charge in [0, 0.05) is 31.4 Å². The van der Waals surface area contributed by atoms with Crippen LogP contribution in [-0.2, 0) is 16.1 Å². The Balaban J connectivity index is 1.91. The second kappa shape index (κ2) is 9.12. The highest BCUT2D eigenvalue weighted by Gasteiger charge is 2.12. The first-order valence-corrected chi connectivity index (χ1v) is 8.98. The van der Waals surface area contributed by atoms with Gasteiger partial charge in [-0.2, -0.15) is 5.10 Å². The largest absolute Gasteiger partial charge is 0.354 e. The number of fused-ring (bicyclic) bond motifs is 1. The van der Waals surface area contributed by atoms with E-state index in [9.17, 15) is 14.4 Å². The molecule has 0 saturated carbocycles. The summed E-state index contributed by atoms with van der Waals surface area (Å²) in [6, 6.07) is 7.23. The van der Waals surface area contributed by atoms with E-state index in [4.69, 9.17) is 0 Å². The molecule has 0 spiro atoms. The lowest BCUT2D eigenvalue weighted by Crippen LogP contribution is -2.35. The Morgan fingerprint density at radius 3 is 2.46 bits per heavy atom. The van der Waals surface area contributed by atoms with Gasteiger partial charge < -0.3 is 10.2 Å². The number of nitrogens with one attached hydrogen (secondary N) is 1. The van der Waals surface area contributed by atoms with Crippen molar-refractivity contribution in [2.45, 2.75) is 40.2 Å². The van der Waals surface area contributed by atoms with Crippen molar-refractivity contribution in [3.8, 4) is 0 Å². The van der Waals surface area contributed by atoms with E-state index < -0.39 is 0 Å². The number of aromatic nitrogens is 2. The minimum absolute atomic E-state index is 0.0901. The first kappa shape index (κ1) is 19.6. The van der Waals surface area contributed by atoms with Crippen molar-refractivity contribution in [3.63, 3.8) is 0 Å². The molecule has 2 amide bonds. The van der Waals surface area contributed by atoms with Crippen LogP contribution in [0.2, 0.25) is 0 Å². The average Bonchev–Trinajstić information content (AvgIpc) is 2.64. The van der Waals surface area contributed by atoms with E-state index in [1.165, 1.54) is 4.68 Å². The maximum atomic E-state index is 12.4. The van der Waals surface area contributed by atoms with E-state index in [2.05, 4.69) is 10.4 Å². The number of amides is 2. The summed E-state index contributed by atoms with van der Waals surface area (Å²) in [6.07, 6.45) is 0.968. The Hall–Kier alpha value is -2.70. The van der Waals surface area contributed by atoms with E-state index in [1.807, 2.05) is 32.9 Å². The van der Waals surface area contributed by atoms with Crippen molar-refractivity contribution >= 4 is 22.6 Å². The number of rotatable bonds is 8. The zero-order valence-electron chi connectivity index (χ0n) is 15.6. The van der Waals surface area contributed by atoms with Gasteiger partial charge in [0.1, 0.15) is 6.54 Å². The number of carbonyl (C=O) groups is 2. The Bertz CT molecular complexity index is 840. The van der Waals surface area contributed by atoms with Crippen LogP contribution >= 0.6 is 0 Å². The van der Waals surface area contributed by atoms with Crippen LogP contribution in [0.15, 0.2) is 29.1 Å². The molecule has 140 valence electrons. The summed E-state index contributed by atoms with van der Waals surface area (Å²) in [5, 5.41) is 8.32. The highest BCUT2D eigenvalue weighted by molar-refractivity contribution is 5.83. The molecule has 0 atom stereocenters. The molecule has 2 aromatic rings. The first-order chi connectivity index (χ1) is 12.5. The Kier molecular flexibility index (Phi) is 6.89. The van der Waals surface area contributed by atoms with E-state index in [-0.39, 0.29) is 23.9 Å². The van der Waals surface area contributed by atoms with Gasteiger partial charge >= 0.3 is 0 Å². The summed E-state index contributed by atoms with van der Waals surface area (Å²) in [5.41, 5.74) is 0.427. The zero-order chi connectivity index (χ0) is 19.1. The summed E-state index contributed by atoms with van der Waals surface area (Å²) >= 11 is 0. The molecular formula is C19H26N4O3. The van der Waals surface area contributed by atoms with E-state index in [0.29, 0.717) is 43.6 Å². The summed E-state index contributed by atoms with van der Waals surface area (Å²) in [6.45, 7) is 7.35. The van der Waals surface area contributed by atoms with Crippen molar-refractivity contribution in [3.05, 3.63) is 40.3 Å². The average molecular weight is 358 g/mol. The second-order valence-corrected chi connectivity index (χ2v) is 6.11. The third-order valence-electron chi connectivity index (χ3n) is 4.35. The van der Waals surface area contributed by atoms with Gasteiger partial charge in [-0.25, -0.2) is 4.68 Å². The molecule has 0 aliphatic rings. The Labute approximate surface area is 153 Å². The molecule has 0 unspecified atom stereocenters. The molecule has 1 N–H and O–H groups in total. The first-order valence-electron chi connectivity index (χ1n) is 8.98. The highest BCUT2D eigenvalue weighted by Crippen LogP contribution is 2.11. The quantitative estimate of drug-likeness (QED) is 0.724. The third kappa shape index (κ3) is 4.68. The number of nitrogens with zero attached hydrogens (tertiary/aromatic N) is 3. The lowest BCUT2D eigenvalue weighted by molar-refractivity contribution is -0.131. The number of carbonyl (C=O) groups excluding carboxylic acids is 2. The molecule has 2 rings (SSSR count). The molecule has 0 aliphatic heterocycles. The molecule has 0 bridgehead atoms. The predicted molar refractivity (Wildman–Crippen MR) is 101 cm³/mol. The fourth-order valence-corrected chi connectivity index (χ4v) is 2.91. The number of hydrogen-bond donors (Lipinski definition) is 1. The zero-order valence-corrected chi connectivity index (χ0v) is 15.6. The molecule has 0 radical (unpaired) electrons. The second-order valence-electron chi connectivity index (χ2n) is 6.11. The molecule has 0 aliphatic carbocycles. The minimum Gasteiger partial charge on any atom is -0.354 e. The standard InChI is InChI=1S/C19H26N4O3/c1-4-22(5-2)18(25)11-8-12-20-17(24)13-23-19(26)16-10-7-6-9-15(16)14(3)21-23/h6-7,9-10H,4-5,8,11-13H2,1-3H3,(H,20,24). The molecular weight excluding hydrogens is 332 g/mol. The predicted octanol–water partition coefficient (Wildman–Crippen LogP) is 1.47. The van der Waals surface area contributed by atoms with Gasteiger partial charge in [0.15, 0.2) is 0 Å². The molecule has 7 heteroatoms. The van der Waals surface area contributed by atoms with Gasteiger partial charge in [0.2, 0.25) is 11.8 Å². The number of aryl methyl sites for hydroxylation is 1. The van der Waals surface area contributed by atoms with Crippen LogP contribution in [0.3, 0.4) is 0 Å². The molecule has 1 heterocycles. The summed E-state index contributed by atoms with van der Waals surface area (Å²) in [5.74, 6) is -0.197. The normalized spacial score (nSPS) is 10.7. The van der Waals surface area contributed by atoms with Crippen molar-refractivity contribution in [2.75, 3.05) is 19.6 Å². The number of hydrogen-bond acceptors (Lipinski definition) is 4. The van der Waals surface area contributed by atoms with E-state index >= 15 is 0 Å². The SMILES string of the molecule is CCN(CC)C(=O)CCCNC(=O)Cn1nc(C)c2ccccc2c1=O. The van der Waals surface area contributed by atoms with Crippen LogP contribution in [-0.4, -0.2) is 46.1 Å². The molecule has 0 saturated heterocycles.